The van der Waals surface area contributed by atoms with Crippen molar-refractivity contribution in [2.45, 2.75) is 52.6 Å². The van der Waals surface area contributed by atoms with Crippen LogP contribution in [-0.4, -0.2) is 80.7 Å². The number of aliphatic imine (C=N–C) groups is 2. The molecule has 1 fully saturated rings. The topological polar surface area (TPSA) is 124 Å². The Hall–Kier alpha value is -3.83. The van der Waals surface area contributed by atoms with E-state index in [0.717, 1.165) is 48.2 Å². The van der Waals surface area contributed by atoms with Crippen molar-refractivity contribution < 1.29 is 18.0 Å². The van der Waals surface area contributed by atoms with Gasteiger partial charge in [0.1, 0.15) is 0 Å². The smallest absolute Gasteiger partial charge is 0.264 e. The Morgan fingerprint density at radius 1 is 1.00 bits per heavy atom. The summed E-state index contributed by atoms with van der Waals surface area (Å²) in [6.07, 6.45) is 2.59. The zero-order chi connectivity index (χ0) is 29.9. The van der Waals surface area contributed by atoms with Gasteiger partial charge in [-0.2, -0.15) is 0 Å². The van der Waals surface area contributed by atoms with Gasteiger partial charge < -0.3 is 10.2 Å². The molecule has 2 aromatic carbocycles. The van der Waals surface area contributed by atoms with Gasteiger partial charge in [-0.05, 0) is 100 Å². The van der Waals surface area contributed by atoms with Crippen LogP contribution < -0.4 is 10.0 Å². The lowest BCUT2D eigenvalue weighted by Gasteiger charge is -2.41. The van der Waals surface area contributed by atoms with Gasteiger partial charge >= 0.3 is 0 Å². The fraction of sp³-hybridized carbons (Fsp3) is 0.400. The molecule has 0 saturated carbocycles. The molecule has 218 valence electrons. The average Bonchev–Trinajstić information content (AvgIpc) is 3.26. The number of hydrogen-bond acceptors (Lipinski definition) is 6. The third-order valence-electron chi connectivity index (χ3n) is 7.45. The van der Waals surface area contributed by atoms with Crippen molar-refractivity contribution in [3.05, 3.63) is 76.0 Å². The molecule has 2 aliphatic heterocycles. The lowest BCUT2D eigenvalue weighted by Crippen LogP contribution is -2.50. The van der Waals surface area contributed by atoms with Gasteiger partial charge in [-0.25, -0.2) is 23.1 Å². The Bertz CT molecular complexity index is 1490. The molecule has 1 saturated heterocycles. The fourth-order valence-corrected chi connectivity index (χ4v) is 5.97. The van der Waals surface area contributed by atoms with E-state index in [1.807, 2.05) is 9.62 Å². The zero-order valence-electron chi connectivity index (χ0n) is 24.3. The number of carbonyl (C=O) groups excluding carboxylic acids is 2. The maximum absolute atomic E-state index is 13.3. The minimum absolute atomic E-state index is 0.0268. The molecule has 11 heteroatoms. The van der Waals surface area contributed by atoms with E-state index < -0.39 is 15.9 Å². The second kappa shape index (κ2) is 12.4. The maximum atomic E-state index is 13.3. The largest absolute Gasteiger partial charge is 0.336 e. The van der Waals surface area contributed by atoms with E-state index in [1.54, 1.807) is 12.1 Å². The van der Waals surface area contributed by atoms with Crippen LogP contribution in [0.5, 0.6) is 0 Å². The third kappa shape index (κ3) is 7.68. The molecule has 10 nitrogen and oxygen atoms in total. The van der Waals surface area contributed by atoms with Gasteiger partial charge in [0.15, 0.2) is 0 Å². The van der Waals surface area contributed by atoms with Crippen molar-refractivity contribution >= 4 is 40.2 Å². The Labute approximate surface area is 242 Å². The number of anilines is 1. The Kier molecular flexibility index (Phi) is 9.08. The van der Waals surface area contributed by atoms with Crippen LogP contribution in [0.2, 0.25) is 0 Å². The third-order valence-corrected chi connectivity index (χ3v) is 8.01. The van der Waals surface area contributed by atoms with E-state index in [4.69, 9.17) is 4.99 Å². The molecule has 0 spiro atoms. The highest BCUT2D eigenvalue weighted by Gasteiger charge is 2.34. The molecule has 0 bridgehead atoms. The lowest BCUT2D eigenvalue weighted by molar-refractivity contribution is 0.0507. The number of carbonyl (C=O) groups is 2. The normalized spacial score (nSPS) is 20.2. The molecule has 2 aliphatic rings. The van der Waals surface area contributed by atoms with Gasteiger partial charge in [0, 0.05) is 48.5 Å². The number of piperidine rings is 1. The monoisotopic (exact) mass is 578 g/mol. The summed E-state index contributed by atoms with van der Waals surface area (Å²) >= 11 is 0. The average molecular weight is 579 g/mol. The summed E-state index contributed by atoms with van der Waals surface area (Å²) in [5, 5.41) is 3.29. The first-order valence-corrected chi connectivity index (χ1v) is 15.5. The summed E-state index contributed by atoms with van der Waals surface area (Å²) < 4.78 is 24.6. The summed E-state index contributed by atoms with van der Waals surface area (Å²) in [6, 6.07) is 12.6. The molecule has 2 atom stereocenters. The van der Waals surface area contributed by atoms with Crippen LogP contribution in [0.4, 0.5) is 5.69 Å². The summed E-state index contributed by atoms with van der Waals surface area (Å²) in [5.74, 6) is -0.359. The van der Waals surface area contributed by atoms with Crippen molar-refractivity contribution in [1.82, 2.24) is 14.5 Å². The SMILES string of the molecule is C=NC(=NC1=C(C)CN([C@H]2CCN(C(=O)c3ccc(C(=O)NS(C)(=O)=O)cc3)[C@@H](C)C2)C1)Nc1cc(C)cc(C)c1. The number of rotatable bonds is 6. The molecule has 0 aromatic heterocycles. The second-order valence-electron chi connectivity index (χ2n) is 11.0. The molecule has 0 radical (unpaired) electrons. The standard InChI is InChI=1S/C30H38N6O4S/c1-19-13-20(2)15-25(14-19)32-30(31-5)33-27-18-35(17-21(27)3)26-11-12-36(22(4)16-26)29(38)24-9-7-23(8-10-24)28(37)34-41(6,39)40/h7-10,13-15,22,26H,5,11-12,16-18H2,1-4,6H3,(H,32,33)(H,34,37)/t22-,26-/m0/s1. The number of benzene rings is 2. The summed E-state index contributed by atoms with van der Waals surface area (Å²) in [7, 11) is -3.66. The van der Waals surface area contributed by atoms with Crippen LogP contribution in [0.15, 0.2) is 63.7 Å². The molecular weight excluding hydrogens is 540 g/mol. The molecular formula is C30H38N6O4S. The fourth-order valence-electron chi connectivity index (χ4n) is 5.51. The highest BCUT2D eigenvalue weighted by molar-refractivity contribution is 7.89. The van der Waals surface area contributed by atoms with E-state index in [2.05, 4.69) is 67.8 Å². The second-order valence-corrected chi connectivity index (χ2v) is 12.8. The molecule has 2 N–H and O–H groups in total. The predicted octanol–water partition coefficient (Wildman–Crippen LogP) is 3.74. The molecule has 0 unspecified atom stereocenters. The van der Waals surface area contributed by atoms with Crippen molar-refractivity contribution in [3.63, 3.8) is 0 Å². The number of guanidine groups is 1. The van der Waals surface area contributed by atoms with E-state index in [0.29, 0.717) is 30.7 Å². The number of aryl methyl sites for hydroxylation is 2. The minimum atomic E-state index is -3.66. The van der Waals surface area contributed by atoms with Gasteiger partial charge in [0.25, 0.3) is 11.8 Å². The molecule has 41 heavy (non-hydrogen) atoms. The summed E-state index contributed by atoms with van der Waals surface area (Å²) in [5.41, 5.74) is 6.06. The van der Waals surface area contributed by atoms with E-state index in [9.17, 15) is 18.0 Å². The number of likely N-dealkylation sites (tertiary alicyclic amines) is 1. The van der Waals surface area contributed by atoms with Gasteiger partial charge in [0.2, 0.25) is 16.0 Å². The summed E-state index contributed by atoms with van der Waals surface area (Å²) in [6.45, 7) is 14.1. The highest BCUT2D eigenvalue weighted by atomic mass is 32.2. The van der Waals surface area contributed by atoms with Crippen molar-refractivity contribution in [3.8, 4) is 0 Å². The van der Waals surface area contributed by atoms with Gasteiger partial charge in [-0.1, -0.05) is 6.07 Å². The minimum Gasteiger partial charge on any atom is -0.336 e. The predicted molar refractivity (Wildman–Crippen MR) is 163 cm³/mol. The first kappa shape index (κ1) is 30.1. The highest BCUT2D eigenvalue weighted by Crippen LogP contribution is 2.29. The molecule has 2 heterocycles. The number of sulfonamides is 1. The molecule has 2 aromatic rings. The Balaban J connectivity index is 1.36. The van der Waals surface area contributed by atoms with Crippen LogP contribution in [0.25, 0.3) is 0 Å². The first-order valence-electron chi connectivity index (χ1n) is 13.6. The van der Waals surface area contributed by atoms with Crippen molar-refractivity contribution in [1.29, 1.82) is 0 Å². The molecule has 0 aliphatic carbocycles. The van der Waals surface area contributed by atoms with Crippen LogP contribution in [0, 0.1) is 13.8 Å². The number of hydrogen-bond donors (Lipinski definition) is 2. The van der Waals surface area contributed by atoms with E-state index in [1.165, 1.54) is 17.7 Å². The Morgan fingerprint density at radius 3 is 2.22 bits per heavy atom. The lowest BCUT2D eigenvalue weighted by atomic mass is 9.96. The van der Waals surface area contributed by atoms with Crippen LogP contribution >= 0.6 is 0 Å². The zero-order valence-corrected chi connectivity index (χ0v) is 25.1. The number of amides is 2. The van der Waals surface area contributed by atoms with Crippen molar-refractivity contribution in [2.75, 3.05) is 31.2 Å². The molecule has 4 rings (SSSR count). The first-order chi connectivity index (χ1) is 19.3. The van der Waals surface area contributed by atoms with Gasteiger partial charge in [-0.15, -0.1) is 0 Å². The van der Waals surface area contributed by atoms with Crippen LogP contribution in [0.3, 0.4) is 0 Å². The van der Waals surface area contributed by atoms with Crippen LogP contribution in [0.1, 0.15) is 58.5 Å². The Morgan fingerprint density at radius 2 is 1.63 bits per heavy atom. The molecule has 2 amide bonds. The van der Waals surface area contributed by atoms with E-state index >= 15 is 0 Å². The van der Waals surface area contributed by atoms with Crippen molar-refractivity contribution in [2.24, 2.45) is 9.98 Å². The number of nitrogens with zero attached hydrogens (tertiary/aromatic N) is 4. The quantitative estimate of drug-likeness (QED) is 0.398. The van der Waals surface area contributed by atoms with Gasteiger partial charge in [-0.3, -0.25) is 14.5 Å². The van der Waals surface area contributed by atoms with Crippen LogP contribution in [-0.2, 0) is 10.0 Å². The summed E-state index contributed by atoms with van der Waals surface area (Å²) in [4.78, 5) is 38.5. The number of nitrogens with one attached hydrogen (secondary N) is 2. The van der Waals surface area contributed by atoms with E-state index in [-0.39, 0.29) is 17.5 Å². The van der Waals surface area contributed by atoms with Gasteiger partial charge in [0.05, 0.1) is 12.0 Å². The maximum Gasteiger partial charge on any atom is 0.264 e.